The van der Waals surface area contributed by atoms with Crippen LogP contribution in [0.15, 0.2) is 40.6 Å². The first kappa shape index (κ1) is 7.35. The molecule has 12 heavy (non-hydrogen) atoms. The Bertz CT molecular complexity index is 321. The fraction of sp³-hybridized carbons (Fsp3) is 0.300. The maximum atomic E-state index is 4.10. The molecule has 1 aliphatic heterocycles. The van der Waals surface area contributed by atoms with E-state index in [1.165, 1.54) is 11.1 Å². The highest BCUT2D eigenvalue weighted by atomic mass is 15.3. The molecule has 0 bridgehead atoms. The molecule has 0 saturated heterocycles. The molecule has 0 saturated carbocycles. The molecule has 1 N–H and O–H groups in total. The quantitative estimate of drug-likeness (QED) is 0.574. The minimum atomic E-state index is -0.0897. The van der Waals surface area contributed by atoms with Crippen molar-refractivity contribution in [2.45, 2.75) is 19.4 Å². The van der Waals surface area contributed by atoms with Crippen molar-refractivity contribution in [2.75, 3.05) is 0 Å². The highest BCUT2D eigenvalue weighted by Crippen LogP contribution is 2.27. The van der Waals surface area contributed by atoms with E-state index in [1.54, 1.807) is 0 Å². The van der Waals surface area contributed by atoms with E-state index < -0.39 is 0 Å². The average molecular weight is 160 g/mol. The number of allylic oxidation sites excluding steroid dienone is 3. The maximum Gasteiger partial charge on any atom is 0.0955 e. The Labute approximate surface area is 72.4 Å². The summed E-state index contributed by atoms with van der Waals surface area (Å²) >= 11 is 0. The first-order valence-electron chi connectivity index (χ1n) is 4.10. The normalized spacial score (nSPS) is 31.8. The molecule has 0 fully saturated rings. The van der Waals surface area contributed by atoms with Crippen LogP contribution in [0.2, 0.25) is 0 Å². The number of fused-ring (bicyclic) bond motifs is 1. The zero-order chi connectivity index (χ0) is 8.60. The molecule has 0 amide bonds. The summed E-state index contributed by atoms with van der Waals surface area (Å²) in [6, 6.07) is 0. The van der Waals surface area contributed by atoms with Gasteiger partial charge in [0.1, 0.15) is 0 Å². The fourth-order valence-electron chi connectivity index (χ4n) is 1.63. The number of hydrazone groups is 1. The summed E-state index contributed by atoms with van der Waals surface area (Å²) < 4.78 is 0. The lowest BCUT2D eigenvalue weighted by atomic mass is 9.85. The molecule has 1 unspecified atom stereocenters. The molecular formula is C10H12N2. The largest absolute Gasteiger partial charge is 0.296 e. The third-order valence-corrected chi connectivity index (χ3v) is 2.34. The van der Waals surface area contributed by atoms with Gasteiger partial charge in [0, 0.05) is 0 Å². The van der Waals surface area contributed by atoms with Crippen molar-refractivity contribution in [3.8, 4) is 0 Å². The van der Waals surface area contributed by atoms with Crippen molar-refractivity contribution in [2.24, 2.45) is 5.10 Å². The number of nitrogens with one attached hydrogen (secondary N) is 1. The van der Waals surface area contributed by atoms with Crippen LogP contribution in [0.1, 0.15) is 13.8 Å². The lowest BCUT2D eigenvalue weighted by Crippen LogP contribution is -2.42. The molecule has 1 heterocycles. The molecule has 2 rings (SSSR count). The van der Waals surface area contributed by atoms with Crippen LogP contribution in [-0.4, -0.2) is 11.8 Å². The summed E-state index contributed by atoms with van der Waals surface area (Å²) in [4.78, 5) is 0. The Morgan fingerprint density at radius 2 is 2.25 bits per heavy atom. The molecule has 0 spiro atoms. The van der Waals surface area contributed by atoms with Crippen molar-refractivity contribution >= 4 is 6.21 Å². The molecule has 62 valence electrons. The maximum absolute atomic E-state index is 4.10. The third kappa shape index (κ3) is 0.916. The molecule has 2 aliphatic rings. The van der Waals surface area contributed by atoms with E-state index in [4.69, 9.17) is 0 Å². The topological polar surface area (TPSA) is 24.4 Å². The van der Waals surface area contributed by atoms with E-state index in [0.29, 0.717) is 0 Å². The van der Waals surface area contributed by atoms with Crippen LogP contribution < -0.4 is 5.43 Å². The van der Waals surface area contributed by atoms with E-state index >= 15 is 0 Å². The molecule has 2 nitrogen and oxygen atoms in total. The van der Waals surface area contributed by atoms with Gasteiger partial charge in [0.2, 0.25) is 0 Å². The lowest BCUT2D eigenvalue weighted by molar-refractivity contribution is 0.519. The number of rotatable bonds is 0. The summed E-state index contributed by atoms with van der Waals surface area (Å²) in [5.41, 5.74) is 5.55. The Balaban J connectivity index is 2.53. The highest BCUT2D eigenvalue weighted by Gasteiger charge is 2.28. The zero-order valence-electron chi connectivity index (χ0n) is 7.33. The first-order valence-corrected chi connectivity index (χ1v) is 4.10. The fourth-order valence-corrected chi connectivity index (χ4v) is 1.63. The van der Waals surface area contributed by atoms with Crippen molar-refractivity contribution in [3.05, 3.63) is 35.5 Å². The molecule has 1 aliphatic carbocycles. The van der Waals surface area contributed by atoms with Crippen LogP contribution in [-0.2, 0) is 0 Å². The average Bonchev–Trinajstić information content (AvgIpc) is 2.04. The van der Waals surface area contributed by atoms with Crippen LogP contribution in [0.4, 0.5) is 0 Å². The monoisotopic (exact) mass is 160 g/mol. The summed E-state index contributed by atoms with van der Waals surface area (Å²) in [7, 11) is 0. The molecule has 1 atom stereocenters. The van der Waals surface area contributed by atoms with E-state index in [1.807, 2.05) is 12.3 Å². The summed E-state index contributed by atoms with van der Waals surface area (Å²) in [5.74, 6) is 0. The van der Waals surface area contributed by atoms with Crippen molar-refractivity contribution in [1.29, 1.82) is 0 Å². The van der Waals surface area contributed by atoms with Crippen molar-refractivity contribution < 1.29 is 0 Å². The van der Waals surface area contributed by atoms with Crippen molar-refractivity contribution in [1.82, 2.24) is 5.43 Å². The van der Waals surface area contributed by atoms with E-state index in [-0.39, 0.29) is 5.54 Å². The standard InChI is InChI=1S/C10H12N2/c1-8-7-11-12-10(2)6-4-3-5-9(8)10/h3-7,12H,1-2H3. The Kier molecular flexibility index (Phi) is 1.43. The van der Waals surface area contributed by atoms with E-state index in [2.05, 4.69) is 42.6 Å². The number of hydrogen-bond acceptors (Lipinski definition) is 2. The molecule has 2 heteroatoms. The number of hydrogen-bond donors (Lipinski definition) is 1. The van der Waals surface area contributed by atoms with Crippen molar-refractivity contribution in [3.63, 3.8) is 0 Å². The van der Waals surface area contributed by atoms with Gasteiger partial charge < -0.3 is 0 Å². The van der Waals surface area contributed by atoms with Crippen LogP contribution in [0.5, 0.6) is 0 Å². The summed E-state index contributed by atoms with van der Waals surface area (Å²) in [6.45, 7) is 4.21. The predicted octanol–water partition coefficient (Wildman–Crippen LogP) is 1.78. The van der Waals surface area contributed by atoms with Crippen LogP contribution in [0.25, 0.3) is 0 Å². The summed E-state index contributed by atoms with van der Waals surface area (Å²) in [6.07, 6.45) is 10.2. The van der Waals surface area contributed by atoms with Gasteiger partial charge in [-0.1, -0.05) is 24.3 Å². The molecule has 0 aromatic carbocycles. The van der Waals surface area contributed by atoms with Crippen LogP contribution >= 0.6 is 0 Å². The van der Waals surface area contributed by atoms with Crippen LogP contribution in [0, 0.1) is 0 Å². The number of nitrogens with zero attached hydrogens (tertiary/aromatic N) is 1. The molecule has 0 aromatic rings. The van der Waals surface area contributed by atoms with Gasteiger partial charge in [0.15, 0.2) is 0 Å². The minimum Gasteiger partial charge on any atom is -0.296 e. The lowest BCUT2D eigenvalue weighted by Gasteiger charge is -2.32. The summed E-state index contributed by atoms with van der Waals surface area (Å²) in [5, 5.41) is 4.10. The zero-order valence-corrected chi connectivity index (χ0v) is 7.33. The molecular weight excluding hydrogens is 148 g/mol. The van der Waals surface area contributed by atoms with Gasteiger partial charge in [-0.3, -0.25) is 5.43 Å². The Morgan fingerprint density at radius 3 is 3.00 bits per heavy atom. The second-order valence-electron chi connectivity index (χ2n) is 3.39. The van der Waals surface area contributed by atoms with Gasteiger partial charge in [-0.2, -0.15) is 5.10 Å². The second kappa shape index (κ2) is 2.34. The SMILES string of the molecule is CC1=C2C=CC=CC2(C)NN=C1. The van der Waals surface area contributed by atoms with E-state index in [9.17, 15) is 0 Å². The van der Waals surface area contributed by atoms with Gasteiger partial charge in [-0.15, -0.1) is 0 Å². The van der Waals surface area contributed by atoms with Gasteiger partial charge in [-0.05, 0) is 25.0 Å². The second-order valence-corrected chi connectivity index (χ2v) is 3.39. The third-order valence-electron chi connectivity index (χ3n) is 2.34. The molecule has 0 radical (unpaired) electrons. The van der Waals surface area contributed by atoms with Gasteiger partial charge in [0.25, 0.3) is 0 Å². The van der Waals surface area contributed by atoms with Gasteiger partial charge in [-0.25, -0.2) is 0 Å². The smallest absolute Gasteiger partial charge is 0.0955 e. The van der Waals surface area contributed by atoms with E-state index in [0.717, 1.165) is 0 Å². The van der Waals surface area contributed by atoms with Gasteiger partial charge in [0.05, 0.1) is 11.8 Å². The van der Waals surface area contributed by atoms with Crippen LogP contribution in [0.3, 0.4) is 0 Å². The molecule has 0 aromatic heterocycles. The predicted molar refractivity (Wildman–Crippen MR) is 51.0 cm³/mol. The highest BCUT2D eigenvalue weighted by molar-refractivity contribution is 5.82. The minimum absolute atomic E-state index is 0.0897. The first-order chi connectivity index (χ1) is 5.72. The van der Waals surface area contributed by atoms with Gasteiger partial charge >= 0.3 is 0 Å². The Morgan fingerprint density at radius 1 is 1.42 bits per heavy atom. The Hall–Kier alpha value is -1.31.